The van der Waals surface area contributed by atoms with E-state index in [4.69, 9.17) is 10.00 Å². The lowest BCUT2D eigenvalue weighted by Crippen LogP contribution is -2.16. The van der Waals surface area contributed by atoms with E-state index in [0.29, 0.717) is 17.5 Å². The third-order valence-electron chi connectivity index (χ3n) is 3.45. The number of thioether (sulfide) groups is 1. The Hall–Kier alpha value is -2.74. The van der Waals surface area contributed by atoms with E-state index in [-0.39, 0.29) is 11.6 Å². The molecule has 2 aromatic rings. The Morgan fingerprint density at radius 2 is 1.75 bits per heavy atom. The highest BCUT2D eigenvalue weighted by Gasteiger charge is 2.41. The highest BCUT2D eigenvalue weighted by atomic mass is 32.2. The maximum Gasteiger partial charge on any atom is 0.433 e. The van der Waals surface area contributed by atoms with Crippen molar-refractivity contribution in [3.05, 3.63) is 52.7 Å². The molecule has 1 aromatic heterocycles. The summed E-state index contributed by atoms with van der Waals surface area (Å²) in [5.74, 6) is -0.610. The van der Waals surface area contributed by atoms with Crippen LogP contribution in [-0.2, 0) is 12.4 Å². The van der Waals surface area contributed by atoms with Crippen LogP contribution >= 0.6 is 11.8 Å². The van der Waals surface area contributed by atoms with Gasteiger partial charge in [-0.2, -0.15) is 31.6 Å². The van der Waals surface area contributed by atoms with Crippen molar-refractivity contribution in [2.75, 3.05) is 12.9 Å². The Morgan fingerprint density at radius 1 is 1.14 bits per heavy atom. The van der Waals surface area contributed by atoms with Crippen LogP contribution in [0.15, 0.2) is 35.4 Å². The maximum absolute atomic E-state index is 13.1. The predicted octanol–water partition coefficient (Wildman–Crippen LogP) is 4.97. The monoisotopic (exact) mass is 420 g/mol. The number of halogens is 6. The quantitative estimate of drug-likeness (QED) is 0.388. The van der Waals surface area contributed by atoms with E-state index < -0.39 is 45.7 Å². The summed E-state index contributed by atoms with van der Waals surface area (Å²) in [6, 6.07) is 6.76. The minimum atomic E-state index is -5.19. The second-order valence-corrected chi connectivity index (χ2v) is 6.25. The van der Waals surface area contributed by atoms with Gasteiger partial charge < -0.3 is 4.74 Å². The molecule has 148 valence electrons. The fourth-order valence-corrected chi connectivity index (χ4v) is 2.99. The summed E-state index contributed by atoms with van der Waals surface area (Å²) >= 11 is 0.331. The molecule has 4 nitrogen and oxygen atoms in total. The van der Waals surface area contributed by atoms with E-state index in [2.05, 4.69) is 4.98 Å². The number of benzene rings is 1. The third-order valence-corrected chi connectivity index (χ3v) is 4.42. The molecule has 1 heterocycles. The molecule has 0 amide bonds. The summed E-state index contributed by atoms with van der Waals surface area (Å²) in [6.45, 7) is 0. The number of ketones is 1. The van der Waals surface area contributed by atoms with Gasteiger partial charge in [-0.15, -0.1) is 0 Å². The van der Waals surface area contributed by atoms with Gasteiger partial charge in [-0.25, -0.2) is 4.98 Å². The largest absolute Gasteiger partial charge is 0.497 e. The number of aromatic nitrogens is 1. The number of ether oxygens (including phenoxy) is 1. The lowest BCUT2D eigenvalue weighted by molar-refractivity contribution is -0.146. The smallest absolute Gasteiger partial charge is 0.433 e. The van der Waals surface area contributed by atoms with Crippen molar-refractivity contribution in [1.82, 2.24) is 4.98 Å². The van der Waals surface area contributed by atoms with Crippen LogP contribution < -0.4 is 4.74 Å². The molecule has 0 fully saturated rings. The zero-order valence-corrected chi connectivity index (χ0v) is 14.8. The lowest BCUT2D eigenvalue weighted by atomic mass is 10.1. The molecule has 0 aliphatic carbocycles. The van der Waals surface area contributed by atoms with Gasteiger partial charge in [0, 0.05) is 5.56 Å². The van der Waals surface area contributed by atoms with Crippen LogP contribution in [0.25, 0.3) is 0 Å². The van der Waals surface area contributed by atoms with Crippen LogP contribution in [0, 0.1) is 11.3 Å². The number of nitriles is 1. The van der Waals surface area contributed by atoms with Gasteiger partial charge in [-0.3, -0.25) is 4.79 Å². The van der Waals surface area contributed by atoms with Crippen LogP contribution in [0.2, 0.25) is 0 Å². The molecule has 1 aromatic carbocycles. The van der Waals surface area contributed by atoms with Gasteiger partial charge >= 0.3 is 12.4 Å². The Labute approximate surface area is 159 Å². The van der Waals surface area contributed by atoms with Crippen LogP contribution in [0.5, 0.6) is 5.75 Å². The number of alkyl halides is 6. The number of nitrogens with zero attached hydrogens (tertiary/aromatic N) is 2. The van der Waals surface area contributed by atoms with E-state index in [0.717, 1.165) is 0 Å². The van der Waals surface area contributed by atoms with E-state index in [1.54, 1.807) is 0 Å². The highest BCUT2D eigenvalue weighted by molar-refractivity contribution is 8.00. The van der Waals surface area contributed by atoms with Crippen molar-refractivity contribution in [2.24, 2.45) is 0 Å². The molecule has 0 aliphatic rings. The first-order valence-electron chi connectivity index (χ1n) is 7.37. The second kappa shape index (κ2) is 8.10. The summed E-state index contributed by atoms with van der Waals surface area (Å²) in [7, 11) is 1.41. The van der Waals surface area contributed by atoms with Gasteiger partial charge in [0.05, 0.1) is 24.0 Å². The fourth-order valence-electron chi connectivity index (χ4n) is 2.10. The van der Waals surface area contributed by atoms with E-state index >= 15 is 0 Å². The van der Waals surface area contributed by atoms with Crippen molar-refractivity contribution in [3.63, 3.8) is 0 Å². The minimum absolute atomic E-state index is 0.176. The molecule has 0 atom stereocenters. The summed E-state index contributed by atoms with van der Waals surface area (Å²) in [4.78, 5) is 15.3. The summed E-state index contributed by atoms with van der Waals surface area (Å²) in [5.41, 5.74) is -4.43. The van der Waals surface area contributed by atoms with Gasteiger partial charge in [0.1, 0.15) is 22.5 Å². The summed E-state index contributed by atoms with van der Waals surface area (Å²) < 4.78 is 82.9. The molecule has 0 radical (unpaired) electrons. The van der Waals surface area contributed by atoms with Gasteiger partial charge in [-0.1, -0.05) is 11.8 Å². The van der Waals surface area contributed by atoms with E-state index in [9.17, 15) is 31.1 Å². The average Bonchev–Trinajstić information content (AvgIpc) is 2.63. The minimum Gasteiger partial charge on any atom is -0.497 e. The first-order chi connectivity index (χ1) is 13.0. The van der Waals surface area contributed by atoms with Crippen LogP contribution in [0.1, 0.15) is 27.2 Å². The fraction of sp³-hybridized carbons (Fsp3) is 0.235. The number of methoxy groups -OCH3 is 1. The molecule has 0 N–H and O–H groups in total. The van der Waals surface area contributed by atoms with Gasteiger partial charge in [-0.05, 0) is 30.3 Å². The Balaban J connectivity index is 2.38. The second-order valence-electron chi connectivity index (χ2n) is 5.28. The zero-order chi connectivity index (χ0) is 21.1. The topological polar surface area (TPSA) is 63.0 Å². The molecule has 0 aliphatic heterocycles. The number of Topliss-reactive ketones (excluding diaryl/α,β-unsaturated/α-hetero) is 1. The molecule has 11 heteroatoms. The molecule has 0 saturated heterocycles. The number of hydrogen-bond donors (Lipinski definition) is 0. The van der Waals surface area contributed by atoms with E-state index in [1.165, 1.54) is 37.4 Å². The number of carbonyl (C=O) groups excluding carboxylic acids is 1. The molecular weight excluding hydrogens is 410 g/mol. The van der Waals surface area contributed by atoms with Crippen LogP contribution in [-0.4, -0.2) is 23.6 Å². The molecule has 0 spiro atoms. The molecule has 0 saturated carbocycles. The first kappa shape index (κ1) is 21.6. The molecule has 28 heavy (non-hydrogen) atoms. The zero-order valence-electron chi connectivity index (χ0n) is 14.0. The van der Waals surface area contributed by atoms with Crippen LogP contribution in [0.3, 0.4) is 0 Å². The summed E-state index contributed by atoms with van der Waals surface area (Å²) in [5, 5.41) is 8.20. The van der Waals surface area contributed by atoms with Crippen molar-refractivity contribution in [2.45, 2.75) is 17.4 Å². The predicted molar refractivity (Wildman–Crippen MR) is 87.0 cm³/mol. The van der Waals surface area contributed by atoms with Gasteiger partial charge in [0.25, 0.3) is 0 Å². The van der Waals surface area contributed by atoms with E-state index in [1.807, 2.05) is 0 Å². The normalized spacial score (nSPS) is 11.8. The third kappa shape index (κ3) is 4.95. The number of pyridine rings is 1. The van der Waals surface area contributed by atoms with Crippen molar-refractivity contribution in [1.29, 1.82) is 5.26 Å². The van der Waals surface area contributed by atoms with Crippen LogP contribution in [0.4, 0.5) is 26.3 Å². The lowest BCUT2D eigenvalue weighted by Gasteiger charge is -2.15. The summed E-state index contributed by atoms with van der Waals surface area (Å²) in [6.07, 6.45) is -10.3. The number of hydrogen-bond acceptors (Lipinski definition) is 5. The molecule has 2 rings (SSSR count). The maximum atomic E-state index is 13.1. The molecule has 0 unspecified atom stereocenters. The van der Waals surface area contributed by atoms with Crippen molar-refractivity contribution in [3.8, 4) is 11.8 Å². The van der Waals surface area contributed by atoms with Gasteiger partial charge in [0.2, 0.25) is 0 Å². The average molecular weight is 420 g/mol. The number of rotatable bonds is 5. The Kier molecular flexibility index (Phi) is 6.23. The van der Waals surface area contributed by atoms with Crippen molar-refractivity contribution >= 4 is 17.5 Å². The number of carbonyl (C=O) groups is 1. The standard InChI is InChI=1S/C17H10F6N2O2S/c1-27-10-4-2-9(3-5-10)13(26)8-28-15-11(7-24)12(16(18,19)20)6-14(25-15)17(21,22)23/h2-6H,8H2,1H3. The highest BCUT2D eigenvalue weighted by Crippen LogP contribution is 2.39. The first-order valence-corrected chi connectivity index (χ1v) is 8.35. The Morgan fingerprint density at radius 3 is 2.21 bits per heavy atom. The molecule has 0 bridgehead atoms. The van der Waals surface area contributed by atoms with Gasteiger partial charge in [0.15, 0.2) is 5.78 Å². The Bertz CT molecular complexity index is 917. The molecular formula is C17H10F6N2O2S. The SMILES string of the molecule is COc1ccc(C(=O)CSc2nc(C(F)(F)F)cc(C(F)(F)F)c2C#N)cc1. The van der Waals surface area contributed by atoms with Crippen molar-refractivity contribution < 1.29 is 35.9 Å².